The molecule has 0 spiro atoms. The van der Waals surface area contributed by atoms with Gasteiger partial charge in [0, 0.05) is 6.54 Å². The first-order valence-corrected chi connectivity index (χ1v) is 9.42. The smallest absolute Gasteiger partial charge is 0.241 e. The van der Waals surface area contributed by atoms with Gasteiger partial charge >= 0.3 is 0 Å². The van der Waals surface area contributed by atoms with E-state index in [0.717, 1.165) is 5.56 Å². The third kappa shape index (κ3) is 5.30. The van der Waals surface area contributed by atoms with Crippen molar-refractivity contribution in [2.24, 2.45) is 0 Å². The minimum atomic E-state index is -3.83. The number of carbonyl (C=O) groups excluding carboxylic acids is 1. The van der Waals surface area contributed by atoms with E-state index in [1.54, 1.807) is 19.1 Å². The van der Waals surface area contributed by atoms with E-state index in [0.29, 0.717) is 12.3 Å². The van der Waals surface area contributed by atoms with Crippen molar-refractivity contribution in [2.75, 3.05) is 13.7 Å². The lowest BCUT2D eigenvalue weighted by Gasteiger charge is -2.18. The summed E-state index contributed by atoms with van der Waals surface area (Å²) in [6.45, 7) is 2.21. The summed E-state index contributed by atoms with van der Waals surface area (Å²) in [5, 5.41) is 2.67. The number of carbonyl (C=O) groups is 1. The third-order valence-electron chi connectivity index (χ3n) is 3.62. The van der Waals surface area contributed by atoms with E-state index in [4.69, 9.17) is 4.74 Å². The molecule has 0 bridgehead atoms. The molecule has 2 N–H and O–H groups in total. The van der Waals surface area contributed by atoms with Crippen LogP contribution < -0.4 is 14.8 Å². The lowest BCUT2D eigenvalue weighted by molar-refractivity contribution is -0.122. The van der Waals surface area contributed by atoms with Crippen molar-refractivity contribution < 1.29 is 17.9 Å². The number of rotatable bonds is 8. The molecule has 7 heteroatoms. The van der Waals surface area contributed by atoms with Crippen molar-refractivity contribution in [3.05, 3.63) is 60.2 Å². The Morgan fingerprint density at radius 3 is 2.28 bits per heavy atom. The predicted molar refractivity (Wildman–Crippen MR) is 95.9 cm³/mol. The Hall–Kier alpha value is -2.38. The van der Waals surface area contributed by atoms with Crippen molar-refractivity contribution in [2.45, 2.75) is 24.3 Å². The quantitative estimate of drug-likeness (QED) is 0.749. The van der Waals surface area contributed by atoms with Gasteiger partial charge in [0.15, 0.2) is 0 Å². The molecule has 0 aliphatic carbocycles. The maximum Gasteiger partial charge on any atom is 0.241 e. The van der Waals surface area contributed by atoms with Gasteiger partial charge in [0.05, 0.1) is 12.0 Å². The van der Waals surface area contributed by atoms with Gasteiger partial charge in [0.2, 0.25) is 15.9 Å². The maximum absolute atomic E-state index is 12.6. The van der Waals surface area contributed by atoms with Crippen LogP contribution in [0.15, 0.2) is 59.5 Å². The summed E-state index contributed by atoms with van der Waals surface area (Å²) < 4.78 is 32.8. The number of amides is 1. The zero-order valence-electron chi connectivity index (χ0n) is 14.2. The van der Waals surface area contributed by atoms with Gasteiger partial charge in [0.1, 0.15) is 11.8 Å². The summed E-state index contributed by atoms with van der Waals surface area (Å²) in [7, 11) is -2.33. The van der Waals surface area contributed by atoms with E-state index in [1.807, 2.05) is 30.3 Å². The summed E-state index contributed by atoms with van der Waals surface area (Å²) in [4.78, 5) is 12.4. The number of ether oxygens (including phenoxy) is 1. The number of likely N-dealkylation sites (N-methyl/N-ethyl adjacent to an activating group) is 1. The number of methoxy groups -OCH3 is 1. The SMILES string of the molecule is CCNC(=O)C(Cc1ccccc1)NS(=O)(=O)c1ccc(OC)cc1. The van der Waals surface area contributed by atoms with Crippen molar-refractivity contribution in [3.63, 3.8) is 0 Å². The fraction of sp³-hybridized carbons (Fsp3) is 0.278. The summed E-state index contributed by atoms with van der Waals surface area (Å²) in [5.74, 6) is 0.201. The average molecular weight is 362 g/mol. The van der Waals surface area contributed by atoms with Crippen molar-refractivity contribution in [1.82, 2.24) is 10.0 Å². The second-order valence-corrected chi connectivity index (χ2v) is 7.15. The maximum atomic E-state index is 12.6. The van der Waals surface area contributed by atoms with E-state index in [2.05, 4.69) is 10.0 Å². The molecule has 134 valence electrons. The molecule has 2 aromatic carbocycles. The van der Waals surface area contributed by atoms with E-state index < -0.39 is 16.1 Å². The van der Waals surface area contributed by atoms with E-state index in [-0.39, 0.29) is 17.2 Å². The van der Waals surface area contributed by atoms with Crippen LogP contribution in [-0.4, -0.2) is 34.0 Å². The molecule has 1 amide bonds. The molecule has 25 heavy (non-hydrogen) atoms. The lowest BCUT2D eigenvalue weighted by Crippen LogP contribution is -2.47. The average Bonchev–Trinajstić information content (AvgIpc) is 2.62. The van der Waals surface area contributed by atoms with Crippen LogP contribution in [0.4, 0.5) is 0 Å². The zero-order chi connectivity index (χ0) is 18.3. The predicted octanol–water partition coefficient (Wildman–Crippen LogP) is 1.72. The monoisotopic (exact) mass is 362 g/mol. The van der Waals surface area contributed by atoms with Crippen molar-refractivity contribution in [1.29, 1.82) is 0 Å². The van der Waals surface area contributed by atoms with Gasteiger partial charge < -0.3 is 10.1 Å². The molecule has 0 saturated carbocycles. The normalized spacial score (nSPS) is 12.4. The topological polar surface area (TPSA) is 84.5 Å². The fourth-order valence-electron chi connectivity index (χ4n) is 2.35. The molecule has 1 atom stereocenters. The number of nitrogens with one attached hydrogen (secondary N) is 2. The molecule has 0 aromatic heterocycles. The van der Waals surface area contributed by atoms with Crippen LogP contribution in [0.5, 0.6) is 5.75 Å². The number of benzene rings is 2. The highest BCUT2D eigenvalue weighted by molar-refractivity contribution is 7.89. The first-order chi connectivity index (χ1) is 12.0. The summed E-state index contributed by atoms with van der Waals surface area (Å²) >= 11 is 0. The Morgan fingerprint density at radius 1 is 1.08 bits per heavy atom. The molecule has 0 aliphatic rings. The van der Waals surface area contributed by atoms with Gasteiger partial charge in [0.25, 0.3) is 0 Å². The molecule has 0 heterocycles. The Morgan fingerprint density at radius 2 is 1.72 bits per heavy atom. The van der Waals surface area contributed by atoms with Crippen LogP contribution in [0.2, 0.25) is 0 Å². The fourth-order valence-corrected chi connectivity index (χ4v) is 3.54. The summed E-state index contributed by atoms with van der Waals surface area (Å²) in [6, 6.07) is 14.4. The largest absolute Gasteiger partial charge is 0.497 e. The van der Waals surface area contributed by atoms with Crippen LogP contribution in [0.25, 0.3) is 0 Å². The number of hydrogen-bond donors (Lipinski definition) is 2. The standard InChI is InChI=1S/C18H22N2O4S/c1-3-19-18(21)17(13-14-7-5-4-6-8-14)20-25(22,23)16-11-9-15(24-2)10-12-16/h4-12,17,20H,3,13H2,1-2H3,(H,19,21). The second-order valence-electron chi connectivity index (χ2n) is 5.43. The Balaban J connectivity index is 2.22. The van der Waals surface area contributed by atoms with Gasteiger partial charge in [-0.25, -0.2) is 8.42 Å². The molecule has 0 aliphatic heterocycles. The highest BCUT2D eigenvalue weighted by Gasteiger charge is 2.25. The molecule has 0 saturated heterocycles. The molecule has 6 nitrogen and oxygen atoms in total. The van der Waals surface area contributed by atoms with Crippen molar-refractivity contribution >= 4 is 15.9 Å². The lowest BCUT2D eigenvalue weighted by atomic mass is 10.1. The van der Waals surface area contributed by atoms with E-state index >= 15 is 0 Å². The Kier molecular flexibility index (Phi) is 6.55. The minimum Gasteiger partial charge on any atom is -0.497 e. The highest BCUT2D eigenvalue weighted by Crippen LogP contribution is 2.16. The molecular weight excluding hydrogens is 340 g/mol. The van der Waals surface area contributed by atoms with Crippen LogP contribution >= 0.6 is 0 Å². The van der Waals surface area contributed by atoms with Gasteiger partial charge in [-0.2, -0.15) is 4.72 Å². The molecule has 2 aromatic rings. The number of sulfonamides is 1. The number of hydrogen-bond acceptors (Lipinski definition) is 4. The second kappa shape index (κ2) is 8.64. The van der Waals surface area contributed by atoms with Crippen molar-refractivity contribution in [3.8, 4) is 5.75 Å². The van der Waals surface area contributed by atoms with Crippen LogP contribution in [0, 0.1) is 0 Å². The van der Waals surface area contributed by atoms with Crippen LogP contribution in [-0.2, 0) is 21.2 Å². The van der Waals surface area contributed by atoms with Crippen LogP contribution in [0.3, 0.4) is 0 Å². The Bertz CT molecular complexity index is 790. The van der Waals surface area contributed by atoms with Gasteiger partial charge in [-0.15, -0.1) is 0 Å². The minimum absolute atomic E-state index is 0.0793. The van der Waals surface area contributed by atoms with E-state index in [9.17, 15) is 13.2 Å². The molecule has 2 rings (SSSR count). The summed E-state index contributed by atoms with van der Waals surface area (Å²) in [5.41, 5.74) is 0.871. The van der Waals surface area contributed by atoms with Gasteiger partial charge in [-0.1, -0.05) is 30.3 Å². The highest BCUT2D eigenvalue weighted by atomic mass is 32.2. The summed E-state index contributed by atoms with van der Waals surface area (Å²) in [6.07, 6.45) is 0.266. The molecule has 1 unspecified atom stereocenters. The third-order valence-corrected chi connectivity index (χ3v) is 5.10. The Labute approximate surface area is 148 Å². The van der Waals surface area contributed by atoms with Gasteiger partial charge in [-0.3, -0.25) is 4.79 Å². The first kappa shape index (κ1) is 19.0. The van der Waals surface area contributed by atoms with E-state index in [1.165, 1.54) is 19.2 Å². The zero-order valence-corrected chi connectivity index (χ0v) is 15.0. The van der Waals surface area contributed by atoms with Gasteiger partial charge in [-0.05, 0) is 43.2 Å². The van der Waals surface area contributed by atoms with Crippen LogP contribution in [0.1, 0.15) is 12.5 Å². The molecule has 0 radical (unpaired) electrons. The molecule has 0 fully saturated rings. The molecular formula is C18H22N2O4S. The first-order valence-electron chi connectivity index (χ1n) is 7.94.